The second-order valence-corrected chi connectivity index (χ2v) is 11.9. The van der Waals surface area contributed by atoms with E-state index in [1.165, 1.54) is 16.4 Å². The average Bonchev–Trinajstić information content (AvgIpc) is 2.87. The Bertz CT molecular complexity index is 1310. The Morgan fingerprint density at radius 2 is 1.73 bits per heavy atom. The minimum absolute atomic E-state index is 0.0988. The van der Waals surface area contributed by atoms with Gasteiger partial charge in [-0.3, -0.25) is 4.90 Å². The molecule has 3 aromatic carbocycles. The molecule has 0 saturated carbocycles. The van der Waals surface area contributed by atoms with Gasteiger partial charge in [-0.05, 0) is 61.9 Å². The zero-order valence-electron chi connectivity index (χ0n) is 21.8. The van der Waals surface area contributed by atoms with Crippen molar-refractivity contribution in [3.8, 4) is 16.9 Å². The van der Waals surface area contributed by atoms with Crippen molar-refractivity contribution in [2.45, 2.75) is 44.4 Å². The summed E-state index contributed by atoms with van der Waals surface area (Å²) in [5.74, 6) is -0.126. The summed E-state index contributed by atoms with van der Waals surface area (Å²) in [7, 11) is -1.93. The van der Waals surface area contributed by atoms with Crippen LogP contribution in [0.25, 0.3) is 11.1 Å². The van der Waals surface area contributed by atoms with Crippen molar-refractivity contribution >= 4 is 10.0 Å². The molecule has 8 heteroatoms. The minimum Gasteiger partial charge on any atom is -0.487 e. The van der Waals surface area contributed by atoms with Crippen molar-refractivity contribution in [1.29, 1.82) is 0 Å². The summed E-state index contributed by atoms with van der Waals surface area (Å²) in [4.78, 5) is 2.19. The summed E-state index contributed by atoms with van der Waals surface area (Å²) in [6, 6.07) is 19.1. The Kier molecular flexibility index (Phi) is 8.33. The molecule has 0 aliphatic carbocycles. The number of hydrogen-bond acceptors (Lipinski definition) is 5. The number of aliphatic hydroxyl groups excluding tert-OH is 1. The van der Waals surface area contributed by atoms with E-state index in [1.807, 2.05) is 45.2 Å². The molecule has 1 aliphatic heterocycles. The molecule has 0 spiro atoms. The molecule has 1 heterocycles. The number of benzene rings is 3. The SMILES string of the molecule is Cc1ccc(-c2ccc3c(c2)O[C@H](CN(C)Cc2ccc(F)cc2)[C@@H](C)CN([C@H](C)CO)S3(=O)=O)cc1. The second-order valence-electron chi connectivity index (χ2n) is 10.1. The normalized spacial score (nSPS) is 20.5. The summed E-state index contributed by atoms with van der Waals surface area (Å²) in [5, 5.41) is 9.85. The first-order chi connectivity index (χ1) is 17.6. The van der Waals surface area contributed by atoms with E-state index in [1.54, 1.807) is 37.3 Å². The van der Waals surface area contributed by atoms with Crippen molar-refractivity contribution in [2.24, 2.45) is 5.92 Å². The molecule has 1 aliphatic rings. The van der Waals surface area contributed by atoms with Gasteiger partial charge in [0.15, 0.2) is 0 Å². The highest BCUT2D eigenvalue weighted by Gasteiger charge is 2.38. The van der Waals surface area contributed by atoms with E-state index in [2.05, 4.69) is 4.90 Å². The first-order valence-corrected chi connectivity index (χ1v) is 14.0. The average molecular weight is 527 g/mol. The number of aliphatic hydroxyl groups is 1. The van der Waals surface area contributed by atoms with Gasteiger partial charge in [0.1, 0.15) is 22.6 Å². The van der Waals surface area contributed by atoms with Crippen LogP contribution >= 0.6 is 0 Å². The van der Waals surface area contributed by atoms with Crippen molar-refractivity contribution in [3.63, 3.8) is 0 Å². The van der Waals surface area contributed by atoms with E-state index in [0.29, 0.717) is 18.8 Å². The summed E-state index contributed by atoms with van der Waals surface area (Å²) in [5.41, 5.74) is 3.94. The van der Waals surface area contributed by atoms with Crippen molar-refractivity contribution in [3.05, 3.63) is 83.7 Å². The fourth-order valence-electron chi connectivity index (χ4n) is 4.64. The Morgan fingerprint density at radius 3 is 2.38 bits per heavy atom. The van der Waals surface area contributed by atoms with Gasteiger partial charge in [0.25, 0.3) is 0 Å². The molecule has 3 aromatic rings. The number of sulfonamides is 1. The molecular formula is C29H35FN2O4S. The lowest BCUT2D eigenvalue weighted by atomic mass is 10.0. The van der Waals surface area contributed by atoms with E-state index < -0.39 is 16.1 Å². The zero-order valence-corrected chi connectivity index (χ0v) is 22.6. The molecule has 4 rings (SSSR count). The lowest BCUT2D eigenvalue weighted by molar-refractivity contribution is 0.0734. The lowest BCUT2D eigenvalue weighted by Gasteiger charge is -2.37. The van der Waals surface area contributed by atoms with Crippen LogP contribution < -0.4 is 4.74 Å². The van der Waals surface area contributed by atoms with Gasteiger partial charge in [0.05, 0.1) is 6.61 Å². The third-order valence-corrected chi connectivity index (χ3v) is 8.93. The first-order valence-electron chi connectivity index (χ1n) is 12.5. The number of rotatable bonds is 7. The van der Waals surface area contributed by atoms with E-state index in [-0.39, 0.29) is 35.9 Å². The number of nitrogens with zero attached hydrogens (tertiary/aromatic N) is 2. The van der Waals surface area contributed by atoms with Crippen LogP contribution in [0, 0.1) is 18.7 Å². The second kappa shape index (κ2) is 11.3. The Labute approximate surface area is 219 Å². The van der Waals surface area contributed by atoms with Crippen LogP contribution in [0.1, 0.15) is 25.0 Å². The third-order valence-electron chi connectivity index (χ3n) is 6.91. The maximum Gasteiger partial charge on any atom is 0.247 e. The van der Waals surface area contributed by atoms with Crippen LogP contribution in [-0.2, 0) is 16.6 Å². The van der Waals surface area contributed by atoms with Gasteiger partial charge in [-0.2, -0.15) is 4.31 Å². The molecule has 0 radical (unpaired) electrons. The molecule has 37 heavy (non-hydrogen) atoms. The highest BCUT2D eigenvalue weighted by atomic mass is 32.2. The first kappa shape index (κ1) is 27.3. The largest absolute Gasteiger partial charge is 0.487 e. The molecule has 3 atom stereocenters. The van der Waals surface area contributed by atoms with Gasteiger partial charge in [0.2, 0.25) is 10.0 Å². The Hall–Kier alpha value is -2.78. The Morgan fingerprint density at radius 1 is 1.08 bits per heavy atom. The highest BCUT2D eigenvalue weighted by Crippen LogP contribution is 2.36. The van der Waals surface area contributed by atoms with Crippen molar-refractivity contribution < 1.29 is 22.7 Å². The number of aryl methyl sites for hydroxylation is 1. The van der Waals surface area contributed by atoms with Gasteiger partial charge < -0.3 is 9.84 Å². The molecule has 0 unspecified atom stereocenters. The van der Waals surface area contributed by atoms with Gasteiger partial charge in [-0.25, -0.2) is 12.8 Å². The fourth-order valence-corrected chi connectivity index (χ4v) is 6.47. The summed E-state index contributed by atoms with van der Waals surface area (Å²) < 4.78 is 48.6. The number of ether oxygens (including phenoxy) is 1. The smallest absolute Gasteiger partial charge is 0.247 e. The lowest BCUT2D eigenvalue weighted by Crippen LogP contribution is -2.49. The fraction of sp³-hybridized carbons (Fsp3) is 0.379. The van der Waals surface area contributed by atoms with Crippen molar-refractivity contribution in [1.82, 2.24) is 9.21 Å². The highest BCUT2D eigenvalue weighted by molar-refractivity contribution is 7.89. The zero-order chi connectivity index (χ0) is 26.7. The van der Waals surface area contributed by atoms with Gasteiger partial charge in [0, 0.05) is 31.6 Å². The predicted octanol–water partition coefficient (Wildman–Crippen LogP) is 4.70. The van der Waals surface area contributed by atoms with E-state index >= 15 is 0 Å². The predicted molar refractivity (Wildman–Crippen MR) is 143 cm³/mol. The van der Waals surface area contributed by atoms with E-state index in [9.17, 15) is 17.9 Å². The van der Waals surface area contributed by atoms with Gasteiger partial charge >= 0.3 is 0 Å². The standard InChI is InChI=1S/C29H35FN2O4S/c1-20-5-9-24(10-6-20)25-11-14-29-27(15-25)36-28(18-31(4)17-23-7-12-26(30)13-8-23)21(2)16-32(22(3)19-33)37(29,34)35/h5-15,21-22,28,33H,16-19H2,1-4H3/t21-,22+,28+/m0/s1. The third kappa shape index (κ3) is 6.21. The van der Waals surface area contributed by atoms with Gasteiger partial charge in [-0.15, -0.1) is 0 Å². The summed E-state index contributed by atoms with van der Waals surface area (Å²) >= 11 is 0. The topological polar surface area (TPSA) is 70.1 Å². The van der Waals surface area contributed by atoms with E-state index in [4.69, 9.17) is 4.74 Å². The molecule has 0 bridgehead atoms. The van der Waals surface area contributed by atoms with Gasteiger partial charge in [-0.1, -0.05) is 55.0 Å². The maximum absolute atomic E-state index is 13.7. The number of hydrogen-bond donors (Lipinski definition) is 1. The molecule has 198 valence electrons. The molecular weight excluding hydrogens is 491 g/mol. The molecule has 1 N–H and O–H groups in total. The van der Waals surface area contributed by atoms with Crippen LogP contribution in [0.3, 0.4) is 0 Å². The quantitative estimate of drug-likeness (QED) is 0.483. The number of fused-ring (bicyclic) bond motifs is 1. The van der Waals surface area contributed by atoms with Crippen molar-refractivity contribution in [2.75, 3.05) is 26.7 Å². The maximum atomic E-state index is 13.7. The minimum atomic E-state index is -3.90. The van der Waals surface area contributed by atoms with Crippen LogP contribution in [0.4, 0.5) is 4.39 Å². The van der Waals surface area contributed by atoms with E-state index in [0.717, 1.165) is 22.3 Å². The number of likely N-dealkylation sites (N-methyl/N-ethyl adjacent to an activating group) is 1. The molecule has 0 saturated heterocycles. The monoisotopic (exact) mass is 526 g/mol. The molecule has 0 amide bonds. The van der Waals surface area contributed by atoms with Crippen LogP contribution in [0.2, 0.25) is 0 Å². The Balaban J connectivity index is 1.70. The van der Waals surface area contributed by atoms with Crippen LogP contribution in [0.5, 0.6) is 5.75 Å². The molecule has 6 nitrogen and oxygen atoms in total. The van der Waals surface area contributed by atoms with Crippen LogP contribution in [-0.4, -0.2) is 61.6 Å². The summed E-state index contributed by atoms with van der Waals surface area (Å²) in [6.45, 7) is 6.77. The van der Waals surface area contributed by atoms with Crippen LogP contribution in [0.15, 0.2) is 71.6 Å². The molecule has 0 aromatic heterocycles. The molecule has 0 fully saturated rings. The number of halogens is 1. The summed E-state index contributed by atoms with van der Waals surface area (Å²) in [6.07, 6.45) is -0.318.